The summed E-state index contributed by atoms with van der Waals surface area (Å²) < 4.78 is 0. The molecule has 2 heterocycles. The van der Waals surface area contributed by atoms with Gasteiger partial charge in [-0.2, -0.15) is 4.98 Å². The standard InChI is InChI=1S/C17H30N4/c1-5-15-8-6-7-11-21(15)17-19-14(4)12-16(20-17)18-10-9-13(2)3/h12-13,15H,5-11H2,1-4H3,(H,18,19,20). The molecule has 1 aliphatic heterocycles. The van der Waals surface area contributed by atoms with Crippen LogP contribution in [-0.2, 0) is 0 Å². The second-order valence-electron chi connectivity index (χ2n) is 6.56. The summed E-state index contributed by atoms with van der Waals surface area (Å²) in [6, 6.07) is 2.65. The second-order valence-corrected chi connectivity index (χ2v) is 6.56. The zero-order chi connectivity index (χ0) is 15.2. The first kappa shape index (κ1) is 16.1. The normalized spacial score (nSPS) is 19.1. The van der Waals surface area contributed by atoms with Gasteiger partial charge in [-0.15, -0.1) is 0 Å². The van der Waals surface area contributed by atoms with E-state index in [0.717, 1.165) is 30.5 Å². The molecule has 0 amide bonds. The predicted octanol–water partition coefficient (Wildman–Crippen LogP) is 4.01. The molecule has 1 atom stereocenters. The quantitative estimate of drug-likeness (QED) is 0.859. The average molecular weight is 290 g/mol. The molecule has 1 aromatic heterocycles. The van der Waals surface area contributed by atoms with Crippen LogP contribution in [0.15, 0.2) is 6.07 Å². The molecule has 1 saturated heterocycles. The van der Waals surface area contributed by atoms with Gasteiger partial charge < -0.3 is 10.2 Å². The number of anilines is 2. The van der Waals surface area contributed by atoms with Crippen LogP contribution in [0.25, 0.3) is 0 Å². The molecule has 1 unspecified atom stereocenters. The molecule has 4 nitrogen and oxygen atoms in total. The van der Waals surface area contributed by atoms with E-state index in [-0.39, 0.29) is 0 Å². The summed E-state index contributed by atoms with van der Waals surface area (Å²) in [5.74, 6) is 2.60. The van der Waals surface area contributed by atoms with Gasteiger partial charge in [-0.1, -0.05) is 20.8 Å². The minimum absolute atomic E-state index is 0.601. The lowest BCUT2D eigenvalue weighted by Crippen LogP contribution is -2.40. The fourth-order valence-corrected chi connectivity index (χ4v) is 2.95. The minimum Gasteiger partial charge on any atom is -0.370 e. The Labute approximate surface area is 129 Å². The number of hydrogen-bond donors (Lipinski definition) is 1. The molecule has 0 saturated carbocycles. The first-order chi connectivity index (χ1) is 10.1. The third-order valence-electron chi connectivity index (χ3n) is 4.23. The van der Waals surface area contributed by atoms with Crippen LogP contribution in [0.5, 0.6) is 0 Å². The summed E-state index contributed by atoms with van der Waals surface area (Å²) in [7, 11) is 0. The molecule has 0 bridgehead atoms. The Balaban J connectivity index is 2.10. The highest BCUT2D eigenvalue weighted by atomic mass is 15.3. The van der Waals surface area contributed by atoms with E-state index in [2.05, 4.69) is 49.0 Å². The van der Waals surface area contributed by atoms with E-state index in [1.165, 1.54) is 32.1 Å². The average Bonchev–Trinajstić information content (AvgIpc) is 2.46. The molecule has 1 fully saturated rings. The van der Waals surface area contributed by atoms with E-state index in [0.29, 0.717) is 12.0 Å². The van der Waals surface area contributed by atoms with E-state index in [9.17, 15) is 0 Å². The highest BCUT2D eigenvalue weighted by Crippen LogP contribution is 2.25. The minimum atomic E-state index is 0.601. The summed E-state index contributed by atoms with van der Waals surface area (Å²) in [4.78, 5) is 11.8. The number of aromatic nitrogens is 2. The largest absolute Gasteiger partial charge is 0.370 e. The van der Waals surface area contributed by atoms with E-state index in [1.54, 1.807) is 0 Å². The number of aryl methyl sites for hydroxylation is 1. The lowest BCUT2D eigenvalue weighted by atomic mass is 10.0. The molecule has 1 aliphatic rings. The molecule has 0 aliphatic carbocycles. The summed E-state index contributed by atoms with van der Waals surface area (Å²) in [5, 5.41) is 3.45. The third kappa shape index (κ3) is 4.58. The van der Waals surface area contributed by atoms with Crippen molar-refractivity contribution in [3.8, 4) is 0 Å². The van der Waals surface area contributed by atoms with Crippen molar-refractivity contribution in [3.63, 3.8) is 0 Å². The summed E-state index contributed by atoms with van der Waals surface area (Å²) >= 11 is 0. The van der Waals surface area contributed by atoms with Gasteiger partial charge in [0, 0.05) is 30.9 Å². The zero-order valence-corrected chi connectivity index (χ0v) is 14.0. The van der Waals surface area contributed by atoms with Crippen LogP contribution >= 0.6 is 0 Å². The van der Waals surface area contributed by atoms with Gasteiger partial charge in [0.05, 0.1) is 0 Å². The van der Waals surface area contributed by atoms with Crippen molar-refractivity contribution in [1.82, 2.24) is 9.97 Å². The van der Waals surface area contributed by atoms with Gasteiger partial charge in [0.1, 0.15) is 5.82 Å². The molecule has 0 radical (unpaired) electrons. The predicted molar refractivity (Wildman–Crippen MR) is 90.0 cm³/mol. The van der Waals surface area contributed by atoms with Gasteiger partial charge in [0.2, 0.25) is 5.95 Å². The topological polar surface area (TPSA) is 41.1 Å². The maximum atomic E-state index is 4.76. The maximum Gasteiger partial charge on any atom is 0.227 e. The molecule has 1 N–H and O–H groups in total. The van der Waals surface area contributed by atoms with Crippen molar-refractivity contribution in [2.45, 2.75) is 65.8 Å². The highest BCUT2D eigenvalue weighted by Gasteiger charge is 2.23. The van der Waals surface area contributed by atoms with Crippen LogP contribution in [0, 0.1) is 12.8 Å². The third-order valence-corrected chi connectivity index (χ3v) is 4.23. The Morgan fingerprint density at radius 3 is 2.86 bits per heavy atom. The SMILES string of the molecule is CCC1CCCCN1c1nc(C)cc(NCCC(C)C)n1. The molecular weight excluding hydrogens is 260 g/mol. The number of nitrogens with one attached hydrogen (secondary N) is 1. The van der Waals surface area contributed by atoms with Crippen LogP contribution < -0.4 is 10.2 Å². The lowest BCUT2D eigenvalue weighted by molar-refractivity contribution is 0.443. The molecule has 118 valence electrons. The van der Waals surface area contributed by atoms with Crippen molar-refractivity contribution >= 4 is 11.8 Å². The molecule has 0 aromatic carbocycles. The van der Waals surface area contributed by atoms with Crippen LogP contribution in [0.3, 0.4) is 0 Å². The van der Waals surface area contributed by atoms with E-state index in [1.807, 2.05) is 0 Å². The fourth-order valence-electron chi connectivity index (χ4n) is 2.95. The fraction of sp³-hybridized carbons (Fsp3) is 0.765. The van der Waals surface area contributed by atoms with Crippen molar-refractivity contribution in [2.24, 2.45) is 5.92 Å². The van der Waals surface area contributed by atoms with Gasteiger partial charge in [-0.05, 0) is 44.9 Å². The van der Waals surface area contributed by atoms with Crippen LogP contribution in [0.1, 0.15) is 58.6 Å². The molecule has 21 heavy (non-hydrogen) atoms. The van der Waals surface area contributed by atoms with E-state index >= 15 is 0 Å². The summed E-state index contributed by atoms with van der Waals surface area (Å²) in [5.41, 5.74) is 1.05. The maximum absolute atomic E-state index is 4.76. The Morgan fingerprint density at radius 1 is 1.33 bits per heavy atom. The van der Waals surface area contributed by atoms with Crippen LogP contribution in [0.2, 0.25) is 0 Å². The van der Waals surface area contributed by atoms with Gasteiger partial charge in [-0.3, -0.25) is 0 Å². The number of piperidine rings is 1. The highest BCUT2D eigenvalue weighted by molar-refractivity contribution is 5.44. The molecule has 2 rings (SSSR count). The van der Waals surface area contributed by atoms with Crippen molar-refractivity contribution in [1.29, 1.82) is 0 Å². The van der Waals surface area contributed by atoms with Gasteiger partial charge in [-0.25, -0.2) is 4.98 Å². The molecule has 1 aromatic rings. The second kappa shape index (κ2) is 7.62. The molecule has 4 heteroatoms. The van der Waals surface area contributed by atoms with Gasteiger partial charge >= 0.3 is 0 Å². The van der Waals surface area contributed by atoms with E-state index < -0.39 is 0 Å². The number of rotatable bonds is 6. The first-order valence-corrected chi connectivity index (χ1v) is 8.46. The molecular formula is C17H30N4. The summed E-state index contributed by atoms with van der Waals surface area (Å²) in [6.45, 7) is 10.9. The van der Waals surface area contributed by atoms with Crippen LogP contribution in [-0.4, -0.2) is 29.1 Å². The van der Waals surface area contributed by atoms with Crippen molar-refractivity contribution in [3.05, 3.63) is 11.8 Å². The Kier molecular flexibility index (Phi) is 5.83. The van der Waals surface area contributed by atoms with Gasteiger partial charge in [0.15, 0.2) is 0 Å². The monoisotopic (exact) mass is 290 g/mol. The Morgan fingerprint density at radius 2 is 2.14 bits per heavy atom. The zero-order valence-electron chi connectivity index (χ0n) is 14.0. The first-order valence-electron chi connectivity index (χ1n) is 8.46. The molecule has 0 spiro atoms. The Bertz CT molecular complexity index is 444. The smallest absolute Gasteiger partial charge is 0.227 e. The van der Waals surface area contributed by atoms with Gasteiger partial charge in [0.25, 0.3) is 0 Å². The Hall–Kier alpha value is -1.32. The summed E-state index contributed by atoms with van der Waals surface area (Å²) in [6.07, 6.45) is 6.20. The van der Waals surface area contributed by atoms with Crippen molar-refractivity contribution < 1.29 is 0 Å². The van der Waals surface area contributed by atoms with Crippen molar-refractivity contribution in [2.75, 3.05) is 23.3 Å². The van der Waals surface area contributed by atoms with Crippen LogP contribution in [0.4, 0.5) is 11.8 Å². The van der Waals surface area contributed by atoms with E-state index in [4.69, 9.17) is 4.98 Å². The number of nitrogens with zero attached hydrogens (tertiary/aromatic N) is 3. The lowest BCUT2D eigenvalue weighted by Gasteiger charge is -2.35. The number of hydrogen-bond acceptors (Lipinski definition) is 4.